The summed E-state index contributed by atoms with van der Waals surface area (Å²) in [6.07, 6.45) is 5.13. The Morgan fingerprint density at radius 1 is 1.21 bits per heavy atom. The van der Waals surface area contributed by atoms with Crippen LogP contribution in [0.4, 0.5) is 5.69 Å². The first kappa shape index (κ1) is 14.1. The maximum Gasteiger partial charge on any atom is 0.257 e. The maximum atomic E-state index is 12.6. The smallest absolute Gasteiger partial charge is 0.257 e. The zero-order chi connectivity index (χ0) is 16.5. The number of rotatable bonds is 3. The average molecular weight is 318 g/mol. The maximum absolute atomic E-state index is 12.6. The number of imidazole rings is 1. The van der Waals surface area contributed by atoms with E-state index in [-0.39, 0.29) is 5.91 Å². The van der Waals surface area contributed by atoms with Crippen LogP contribution in [0, 0.1) is 6.92 Å². The monoisotopic (exact) mass is 318 g/mol. The molecule has 24 heavy (non-hydrogen) atoms. The van der Waals surface area contributed by atoms with Crippen LogP contribution in [0.1, 0.15) is 16.2 Å². The van der Waals surface area contributed by atoms with Gasteiger partial charge in [0.15, 0.2) is 5.65 Å². The molecule has 3 heterocycles. The minimum absolute atomic E-state index is 0.213. The van der Waals surface area contributed by atoms with Crippen LogP contribution < -0.4 is 5.32 Å². The largest absolute Gasteiger partial charge is 0.340 e. The first-order chi connectivity index (χ1) is 11.7. The number of amides is 1. The third-order valence-electron chi connectivity index (χ3n) is 3.71. The first-order valence-electron chi connectivity index (χ1n) is 7.42. The Morgan fingerprint density at radius 2 is 2.12 bits per heavy atom. The summed E-state index contributed by atoms with van der Waals surface area (Å²) in [5, 5.41) is 9.64. The van der Waals surface area contributed by atoms with Crippen molar-refractivity contribution >= 4 is 22.8 Å². The number of aromatic nitrogens is 5. The number of anilines is 1. The number of carbonyl (C=O) groups is 1. The van der Waals surface area contributed by atoms with Crippen molar-refractivity contribution in [3.63, 3.8) is 0 Å². The van der Waals surface area contributed by atoms with Gasteiger partial charge < -0.3 is 10.3 Å². The van der Waals surface area contributed by atoms with Crippen molar-refractivity contribution in [1.29, 1.82) is 0 Å². The molecule has 0 aliphatic heterocycles. The van der Waals surface area contributed by atoms with Crippen LogP contribution in [0.3, 0.4) is 0 Å². The van der Waals surface area contributed by atoms with Crippen molar-refractivity contribution in [3.05, 3.63) is 60.3 Å². The minimum atomic E-state index is -0.213. The number of aromatic amines is 2. The van der Waals surface area contributed by atoms with Gasteiger partial charge in [0.1, 0.15) is 5.82 Å². The van der Waals surface area contributed by atoms with Crippen molar-refractivity contribution in [1.82, 2.24) is 25.1 Å². The lowest BCUT2D eigenvalue weighted by molar-refractivity contribution is 0.102. The van der Waals surface area contributed by atoms with Crippen LogP contribution in [-0.2, 0) is 0 Å². The molecule has 0 spiro atoms. The van der Waals surface area contributed by atoms with E-state index in [1.165, 1.54) is 0 Å². The van der Waals surface area contributed by atoms with E-state index in [9.17, 15) is 4.79 Å². The molecule has 3 aromatic heterocycles. The number of pyridine rings is 1. The van der Waals surface area contributed by atoms with E-state index in [2.05, 4.69) is 30.5 Å². The van der Waals surface area contributed by atoms with Crippen LogP contribution in [0.25, 0.3) is 22.3 Å². The molecule has 4 rings (SSSR count). The second kappa shape index (κ2) is 5.62. The van der Waals surface area contributed by atoms with E-state index >= 15 is 0 Å². The molecule has 0 aliphatic carbocycles. The average Bonchev–Trinajstić information content (AvgIpc) is 3.23. The summed E-state index contributed by atoms with van der Waals surface area (Å²) in [5.74, 6) is 0.509. The summed E-state index contributed by atoms with van der Waals surface area (Å²) in [7, 11) is 0. The molecule has 118 valence electrons. The lowest BCUT2D eigenvalue weighted by Crippen LogP contribution is -2.12. The molecule has 7 nitrogen and oxygen atoms in total. The fourth-order valence-electron chi connectivity index (χ4n) is 2.60. The predicted octanol–water partition coefficient (Wildman–Crippen LogP) is 2.91. The highest BCUT2D eigenvalue weighted by Crippen LogP contribution is 2.22. The second-order valence-corrected chi connectivity index (χ2v) is 5.40. The molecular formula is C17H14N6O. The molecule has 1 amide bonds. The number of hydrogen-bond donors (Lipinski definition) is 3. The van der Waals surface area contributed by atoms with Crippen molar-refractivity contribution in [2.75, 3.05) is 5.32 Å². The zero-order valence-corrected chi connectivity index (χ0v) is 12.9. The van der Waals surface area contributed by atoms with E-state index < -0.39 is 0 Å². The summed E-state index contributed by atoms with van der Waals surface area (Å²) in [6, 6.07) is 9.27. The van der Waals surface area contributed by atoms with Crippen LogP contribution in [0.5, 0.6) is 0 Å². The molecule has 4 aromatic rings. The van der Waals surface area contributed by atoms with Crippen molar-refractivity contribution in [2.45, 2.75) is 6.92 Å². The Bertz CT molecular complexity index is 1020. The van der Waals surface area contributed by atoms with Crippen LogP contribution in [0.2, 0.25) is 0 Å². The van der Waals surface area contributed by atoms with Gasteiger partial charge in [-0.1, -0.05) is 12.1 Å². The summed E-state index contributed by atoms with van der Waals surface area (Å²) >= 11 is 0. The predicted molar refractivity (Wildman–Crippen MR) is 90.6 cm³/mol. The lowest BCUT2D eigenvalue weighted by Gasteiger charge is -2.07. The number of H-pyrrole nitrogens is 2. The molecular weight excluding hydrogens is 304 g/mol. The van der Waals surface area contributed by atoms with Crippen LogP contribution in [0.15, 0.2) is 48.9 Å². The number of carbonyl (C=O) groups excluding carboxylic acids is 1. The third kappa shape index (κ3) is 2.52. The molecule has 0 radical (unpaired) electrons. The fraction of sp³-hybridized carbons (Fsp3) is 0.0588. The Hall–Kier alpha value is -3.48. The summed E-state index contributed by atoms with van der Waals surface area (Å²) in [6.45, 7) is 1.83. The second-order valence-electron chi connectivity index (χ2n) is 5.40. The number of aryl methyl sites for hydroxylation is 1. The van der Waals surface area contributed by atoms with Gasteiger partial charge in [-0.3, -0.25) is 9.89 Å². The lowest BCUT2D eigenvalue weighted by atomic mass is 10.1. The molecule has 0 fully saturated rings. The van der Waals surface area contributed by atoms with E-state index in [1.807, 2.05) is 31.2 Å². The topological polar surface area (TPSA) is 99.3 Å². The third-order valence-corrected chi connectivity index (χ3v) is 3.71. The number of benzene rings is 1. The van der Waals surface area contributed by atoms with E-state index in [0.717, 1.165) is 17.0 Å². The summed E-state index contributed by atoms with van der Waals surface area (Å²) < 4.78 is 0. The van der Waals surface area contributed by atoms with Gasteiger partial charge in [0.25, 0.3) is 5.91 Å². The van der Waals surface area contributed by atoms with Gasteiger partial charge in [0, 0.05) is 23.6 Å². The molecule has 0 atom stereocenters. The molecule has 3 N–H and O–H groups in total. The van der Waals surface area contributed by atoms with E-state index in [0.29, 0.717) is 22.4 Å². The number of nitrogens with zero attached hydrogens (tertiary/aromatic N) is 3. The Morgan fingerprint density at radius 3 is 2.96 bits per heavy atom. The number of hydrogen-bond acceptors (Lipinski definition) is 4. The quantitative estimate of drug-likeness (QED) is 0.541. The summed E-state index contributed by atoms with van der Waals surface area (Å²) in [5.41, 5.74) is 4.32. The minimum Gasteiger partial charge on any atom is -0.340 e. The highest BCUT2D eigenvalue weighted by Gasteiger charge is 2.14. The normalized spacial score (nSPS) is 10.9. The van der Waals surface area contributed by atoms with Gasteiger partial charge in [0.2, 0.25) is 0 Å². The molecule has 0 saturated heterocycles. The van der Waals surface area contributed by atoms with Gasteiger partial charge in [-0.2, -0.15) is 5.10 Å². The zero-order valence-electron chi connectivity index (χ0n) is 12.9. The van der Waals surface area contributed by atoms with Crippen molar-refractivity contribution in [3.8, 4) is 11.1 Å². The molecule has 0 saturated carbocycles. The standard InChI is InChI=1S/C17H14N6O/c1-10-21-15-14(5-6-18-16(15)22-10)17(24)23-13-4-2-3-11(7-13)12-8-19-20-9-12/h2-9H,1H3,(H,19,20)(H,23,24)(H,18,21,22). The van der Waals surface area contributed by atoms with E-state index in [1.54, 1.807) is 24.7 Å². The van der Waals surface area contributed by atoms with Gasteiger partial charge in [0.05, 0.1) is 17.3 Å². The van der Waals surface area contributed by atoms with Gasteiger partial charge in [-0.15, -0.1) is 0 Å². The molecule has 0 aliphatic rings. The van der Waals surface area contributed by atoms with Crippen molar-refractivity contribution in [2.24, 2.45) is 0 Å². The molecule has 0 unspecified atom stereocenters. The van der Waals surface area contributed by atoms with Gasteiger partial charge >= 0.3 is 0 Å². The van der Waals surface area contributed by atoms with Gasteiger partial charge in [-0.05, 0) is 30.7 Å². The Balaban J connectivity index is 1.65. The van der Waals surface area contributed by atoms with Crippen molar-refractivity contribution < 1.29 is 4.79 Å². The highest BCUT2D eigenvalue weighted by atomic mass is 16.1. The summed E-state index contributed by atoms with van der Waals surface area (Å²) in [4.78, 5) is 24.1. The van der Waals surface area contributed by atoms with E-state index in [4.69, 9.17) is 0 Å². The SMILES string of the molecule is Cc1nc2nccc(C(=O)Nc3cccc(-c4cn[nH]c4)c3)c2[nH]1. The number of nitrogens with one attached hydrogen (secondary N) is 3. The molecule has 1 aromatic carbocycles. The molecule has 0 bridgehead atoms. The molecule has 7 heteroatoms. The van der Waals surface area contributed by atoms with Gasteiger partial charge in [-0.25, -0.2) is 9.97 Å². The first-order valence-corrected chi connectivity index (χ1v) is 7.42. The van der Waals surface area contributed by atoms with Crippen LogP contribution >= 0.6 is 0 Å². The fourth-order valence-corrected chi connectivity index (χ4v) is 2.60. The number of fused-ring (bicyclic) bond motifs is 1. The van der Waals surface area contributed by atoms with Crippen LogP contribution in [-0.4, -0.2) is 31.1 Å². The highest BCUT2D eigenvalue weighted by molar-refractivity contribution is 6.11. The Labute approximate surface area is 137 Å². The Kier molecular flexibility index (Phi) is 3.31.